The minimum Gasteiger partial charge on any atom is -0.504 e. The van der Waals surface area contributed by atoms with Crippen LogP contribution in [0.2, 0.25) is 0 Å². The van der Waals surface area contributed by atoms with Gasteiger partial charge in [-0.05, 0) is 35.8 Å². The standard InChI is InChI=1S/C19H17NO4/c1-2-18(14-6-4-3-5-7-14)24-19(23)15(12-20)10-13-8-9-16(21)17(22)11-13/h3-11,18,21-22H,2H2,1H3/b15-10+. The summed E-state index contributed by atoms with van der Waals surface area (Å²) in [6.45, 7) is 1.89. The van der Waals surface area contributed by atoms with E-state index in [2.05, 4.69) is 0 Å². The van der Waals surface area contributed by atoms with Crippen molar-refractivity contribution in [2.45, 2.75) is 19.4 Å². The Morgan fingerprint density at radius 3 is 2.50 bits per heavy atom. The van der Waals surface area contributed by atoms with E-state index in [4.69, 9.17) is 4.74 Å². The molecule has 2 rings (SSSR count). The van der Waals surface area contributed by atoms with Gasteiger partial charge in [0.05, 0.1) is 0 Å². The summed E-state index contributed by atoms with van der Waals surface area (Å²) in [6, 6.07) is 15.1. The highest BCUT2D eigenvalue weighted by Gasteiger charge is 2.18. The van der Waals surface area contributed by atoms with Crippen LogP contribution >= 0.6 is 0 Å². The molecule has 2 N–H and O–H groups in total. The maximum Gasteiger partial charge on any atom is 0.349 e. The van der Waals surface area contributed by atoms with Crippen LogP contribution in [0, 0.1) is 11.3 Å². The smallest absolute Gasteiger partial charge is 0.349 e. The second kappa shape index (κ2) is 7.84. The normalized spacial score (nSPS) is 12.2. The van der Waals surface area contributed by atoms with Crippen LogP contribution in [0.25, 0.3) is 6.08 Å². The predicted molar refractivity (Wildman–Crippen MR) is 88.9 cm³/mol. The summed E-state index contributed by atoms with van der Waals surface area (Å²) in [4.78, 5) is 12.2. The van der Waals surface area contributed by atoms with E-state index in [1.54, 1.807) is 0 Å². The molecule has 2 aromatic carbocycles. The van der Waals surface area contributed by atoms with Crippen molar-refractivity contribution in [1.82, 2.24) is 0 Å². The van der Waals surface area contributed by atoms with E-state index in [9.17, 15) is 20.3 Å². The molecule has 0 aromatic heterocycles. The lowest BCUT2D eigenvalue weighted by Crippen LogP contribution is -2.12. The van der Waals surface area contributed by atoms with Crippen molar-refractivity contribution in [3.05, 3.63) is 65.2 Å². The second-order valence-electron chi connectivity index (χ2n) is 5.13. The Morgan fingerprint density at radius 2 is 1.92 bits per heavy atom. The fraction of sp³-hybridized carbons (Fsp3) is 0.158. The zero-order chi connectivity index (χ0) is 17.5. The minimum absolute atomic E-state index is 0.186. The van der Waals surface area contributed by atoms with Crippen LogP contribution in [0.15, 0.2) is 54.1 Å². The molecule has 5 heteroatoms. The van der Waals surface area contributed by atoms with Crippen LogP contribution < -0.4 is 0 Å². The van der Waals surface area contributed by atoms with Crippen molar-refractivity contribution in [2.24, 2.45) is 0 Å². The summed E-state index contributed by atoms with van der Waals surface area (Å²) < 4.78 is 5.42. The molecule has 1 atom stereocenters. The average Bonchev–Trinajstić information content (AvgIpc) is 2.61. The van der Waals surface area contributed by atoms with E-state index in [1.807, 2.05) is 43.3 Å². The Morgan fingerprint density at radius 1 is 1.21 bits per heavy atom. The Hall–Kier alpha value is -3.26. The highest BCUT2D eigenvalue weighted by atomic mass is 16.5. The molecule has 5 nitrogen and oxygen atoms in total. The molecule has 0 fully saturated rings. The molecule has 0 bridgehead atoms. The van der Waals surface area contributed by atoms with Crippen molar-refractivity contribution in [3.8, 4) is 17.6 Å². The lowest BCUT2D eigenvalue weighted by molar-refractivity contribution is -0.144. The maximum absolute atomic E-state index is 12.2. The number of hydrogen-bond acceptors (Lipinski definition) is 5. The zero-order valence-corrected chi connectivity index (χ0v) is 13.1. The Labute approximate surface area is 140 Å². The molecule has 0 aliphatic rings. The number of nitrogens with zero attached hydrogens (tertiary/aromatic N) is 1. The minimum atomic E-state index is -0.735. The van der Waals surface area contributed by atoms with Crippen molar-refractivity contribution in [2.75, 3.05) is 0 Å². The molecular formula is C19H17NO4. The first-order valence-electron chi connectivity index (χ1n) is 7.44. The summed E-state index contributed by atoms with van der Waals surface area (Å²) in [5.74, 6) is -1.34. The lowest BCUT2D eigenvalue weighted by atomic mass is 10.1. The van der Waals surface area contributed by atoms with Gasteiger partial charge in [0.15, 0.2) is 11.5 Å². The molecule has 0 heterocycles. The van der Waals surface area contributed by atoms with Gasteiger partial charge in [-0.15, -0.1) is 0 Å². The highest BCUT2D eigenvalue weighted by molar-refractivity contribution is 5.98. The van der Waals surface area contributed by atoms with E-state index in [0.717, 1.165) is 5.56 Å². The Balaban J connectivity index is 2.20. The predicted octanol–water partition coefficient (Wildman–Crippen LogP) is 3.70. The molecule has 1 unspecified atom stereocenters. The number of rotatable bonds is 5. The number of esters is 1. The molecule has 0 aliphatic carbocycles. The number of hydrogen-bond donors (Lipinski definition) is 2. The first-order valence-corrected chi connectivity index (χ1v) is 7.44. The molecule has 122 valence electrons. The van der Waals surface area contributed by atoms with Gasteiger partial charge in [-0.2, -0.15) is 5.26 Å². The van der Waals surface area contributed by atoms with Gasteiger partial charge >= 0.3 is 5.97 Å². The second-order valence-corrected chi connectivity index (χ2v) is 5.13. The van der Waals surface area contributed by atoms with Gasteiger partial charge in [0.1, 0.15) is 17.7 Å². The number of phenols is 2. The quantitative estimate of drug-likeness (QED) is 0.379. The number of phenolic OH excluding ortho intramolecular Hbond substituents is 2. The fourth-order valence-corrected chi connectivity index (χ4v) is 2.18. The number of carbonyl (C=O) groups is 1. The SMILES string of the molecule is CCC(OC(=O)/C(C#N)=C/c1ccc(O)c(O)c1)c1ccccc1. The molecule has 0 aliphatic heterocycles. The number of aromatic hydroxyl groups is 2. The van der Waals surface area contributed by atoms with Crippen LogP contribution in [-0.4, -0.2) is 16.2 Å². The monoisotopic (exact) mass is 323 g/mol. The summed E-state index contributed by atoms with van der Waals surface area (Å²) in [7, 11) is 0. The lowest BCUT2D eigenvalue weighted by Gasteiger charge is -2.16. The molecule has 0 radical (unpaired) electrons. The third-order valence-corrected chi connectivity index (χ3v) is 3.44. The number of benzene rings is 2. The molecule has 2 aromatic rings. The van der Waals surface area contributed by atoms with Crippen LogP contribution in [0.3, 0.4) is 0 Å². The summed E-state index contributed by atoms with van der Waals surface area (Å²) >= 11 is 0. The van der Waals surface area contributed by atoms with Gasteiger partial charge in [0, 0.05) is 0 Å². The number of ether oxygens (including phenoxy) is 1. The van der Waals surface area contributed by atoms with E-state index in [0.29, 0.717) is 12.0 Å². The van der Waals surface area contributed by atoms with Crippen molar-refractivity contribution in [3.63, 3.8) is 0 Å². The van der Waals surface area contributed by atoms with Crippen LogP contribution in [0.5, 0.6) is 11.5 Å². The van der Waals surface area contributed by atoms with Gasteiger partial charge in [0.2, 0.25) is 0 Å². The Kier molecular flexibility index (Phi) is 5.58. The van der Waals surface area contributed by atoms with Crippen LogP contribution in [0.1, 0.15) is 30.6 Å². The summed E-state index contributed by atoms with van der Waals surface area (Å²) in [5.41, 5.74) is 1.08. The first-order chi connectivity index (χ1) is 11.5. The van der Waals surface area contributed by atoms with Crippen LogP contribution in [0.4, 0.5) is 0 Å². The molecule has 0 spiro atoms. The van der Waals surface area contributed by atoms with E-state index in [-0.39, 0.29) is 17.1 Å². The molecule has 24 heavy (non-hydrogen) atoms. The van der Waals surface area contributed by atoms with Gasteiger partial charge in [0.25, 0.3) is 0 Å². The van der Waals surface area contributed by atoms with E-state index < -0.39 is 12.1 Å². The van der Waals surface area contributed by atoms with Crippen molar-refractivity contribution >= 4 is 12.0 Å². The highest BCUT2D eigenvalue weighted by Crippen LogP contribution is 2.27. The zero-order valence-electron chi connectivity index (χ0n) is 13.1. The maximum atomic E-state index is 12.2. The van der Waals surface area contributed by atoms with Crippen LogP contribution in [-0.2, 0) is 9.53 Å². The van der Waals surface area contributed by atoms with Gasteiger partial charge in [-0.25, -0.2) is 4.79 Å². The number of carbonyl (C=O) groups excluding carboxylic acids is 1. The van der Waals surface area contributed by atoms with Gasteiger partial charge in [-0.3, -0.25) is 0 Å². The molecular weight excluding hydrogens is 306 g/mol. The summed E-state index contributed by atoms with van der Waals surface area (Å²) in [6.07, 6.45) is 1.44. The topological polar surface area (TPSA) is 90.6 Å². The molecule has 0 saturated heterocycles. The first kappa shape index (κ1) is 17.1. The molecule has 0 saturated carbocycles. The van der Waals surface area contributed by atoms with Gasteiger partial charge < -0.3 is 14.9 Å². The van der Waals surface area contributed by atoms with E-state index in [1.165, 1.54) is 24.3 Å². The van der Waals surface area contributed by atoms with Crippen molar-refractivity contribution < 1.29 is 19.7 Å². The Bertz CT molecular complexity index is 791. The number of nitriles is 1. The summed E-state index contributed by atoms with van der Waals surface area (Å²) in [5, 5.41) is 28.0. The fourth-order valence-electron chi connectivity index (χ4n) is 2.18. The molecule has 0 amide bonds. The average molecular weight is 323 g/mol. The third kappa shape index (κ3) is 4.14. The van der Waals surface area contributed by atoms with E-state index >= 15 is 0 Å². The van der Waals surface area contributed by atoms with Crippen molar-refractivity contribution in [1.29, 1.82) is 5.26 Å². The third-order valence-electron chi connectivity index (χ3n) is 3.44. The largest absolute Gasteiger partial charge is 0.504 e. The van der Waals surface area contributed by atoms with Gasteiger partial charge in [-0.1, -0.05) is 43.3 Å².